The predicted molar refractivity (Wildman–Crippen MR) is 71.0 cm³/mol. The van der Waals surface area contributed by atoms with Crippen molar-refractivity contribution in [3.8, 4) is 5.75 Å². The first kappa shape index (κ1) is 14.5. The van der Waals surface area contributed by atoms with Crippen molar-refractivity contribution in [3.63, 3.8) is 0 Å². The van der Waals surface area contributed by atoms with Gasteiger partial charge in [0, 0.05) is 6.04 Å². The summed E-state index contributed by atoms with van der Waals surface area (Å²) in [6, 6.07) is 8.10. The molecule has 4 heteroatoms. The fraction of sp³-hybridized carbons (Fsp3) is 0.500. The molecule has 0 saturated heterocycles. The molecule has 0 radical (unpaired) electrons. The van der Waals surface area contributed by atoms with Crippen molar-refractivity contribution in [1.29, 1.82) is 0 Å². The van der Waals surface area contributed by atoms with E-state index in [-0.39, 0.29) is 12.6 Å². The van der Waals surface area contributed by atoms with Crippen LogP contribution in [0.4, 0.5) is 0 Å². The fourth-order valence-corrected chi connectivity index (χ4v) is 1.98. The van der Waals surface area contributed by atoms with Gasteiger partial charge in [0.2, 0.25) is 0 Å². The SMILES string of the molecule is CCN(CC(=O)O)C(C)Cc1ccc(OC)cc1. The van der Waals surface area contributed by atoms with Gasteiger partial charge in [0.15, 0.2) is 0 Å². The van der Waals surface area contributed by atoms with Crippen molar-refractivity contribution in [2.45, 2.75) is 26.3 Å². The molecule has 1 aromatic rings. The van der Waals surface area contributed by atoms with E-state index in [1.165, 1.54) is 5.56 Å². The Bertz CT molecular complexity index is 375. The molecular weight excluding hydrogens is 230 g/mol. The molecule has 0 fully saturated rings. The second-order valence-corrected chi connectivity index (χ2v) is 4.36. The summed E-state index contributed by atoms with van der Waals surface area (Å²) in [6.45, 7) is 4.86. The monoisotopic (exact) mass is 251 g/mol. The standard InChI is InChI=1S/C14H21NO3/c1-4-15(10-14(16)17)11(2)9-12-5-7-13(18-3)8-6-12/h5-8,11H,4,9-10H2,1-3H3,(H,16,17). The Morgan fingerprint density at radius 2 is 2.00 bits per heavy atom. The average Bonchev–Trinajstić information content (AvgIpc) is 2.36. The highest BCUT2D eigenvalue weighted by molar-refractivity contribution is 5.69. The van der Waals surface area contributed by atoms with Crippen LogP contribution in [0, 0.1) is 0 Å². The molecule has 0 aliphatic heterocycles. The first-order valence-corrected chi connectivity index (χ1v) is 6.15. The number of benzene rings is 1. The number of hydrogen-bond donors (Lipinski definition) is 1. The van der Waals surface area contributed by atoms with Crippen molar-refractivity contribution in [1.82, 2.24) is 4.90 Å². The third kappa shape index (κ3) is 4.37. The molecule has 1 atom stereocenters. The van der Waals surface area contributed by atoms with E-state index in [0.29, 0.717) is 0 Å². The van der Waals surface area contributed by atoms with E-state index < -0.39 is 5.97 Å². The van der Waals surface area contributed by atoms with Gasteiger partial charge in [-0.2, -0.15) is 0 Å². The van der Waals surface area contributed by atoms with E-state index in [2.05, 4.69) is 6.92 Å². The Labute approximate surface area is 108 Å². The van der Waals surface area contributed by atoms with Gasteiger partial charge in [0.1, 0.15) is 5.75 Å². The maximum atomic E-state index is 10.8. The summed E-state index contributed by atoms with van der Waals surface area (Å²) in [4.78, 5) is 12.7. The lowest BCUT2D eigenvalue weighted by Gasteiger charge is -2.26. The molecule has 1 unspecified atom stereocenters. The quantitative estimate of drug-likeness (QED) is 0.805. The second-order valence-electron chi connectivity index (χ2n) is 4.36. The third-order valence-corrected chi connectivity index (χ3v) is 3.06. The molecule has 0 heterocycles. The first-order chi connectivity index (χ1) is 8.56. The predicted octanol–water partition coefficient (Wildman–Crippen LogP) is 2.03. The topological polar surface area (TPSA) is 49.8 Å². The number of ether oxygens (including phenoxy) is 1. The van der Waals surface area contributed by atoms with Crippen molar-refractivity contribution >= 4 is 5.97 Å². The number of rotatable bonds is 7. The zero-order valence-corrected chi connectivity index (χ0v) is 11.2. The van der Waals surface area contributed by atoms with Crippen LogP contribution >= 0.6 is 0 Å². The largest absolute Gasteiger partial charge is 0.497 e. The number of carboxylic acid groups (broad SMARTS) is 1. The molecule has 0 bridgehead atoms. The van der Waals surface area contributed by atoms with Crippen molar-refractivity contribution < 1.29 is 14.6 Å². The Morgan fingerprint density at radius 3 is 2.44 bits per heavy atom. The molecule has 18 heavy (non-hydrogen) atoms. The van der Waals surface area contributed by atoms with Crippen LogP contribution in [-0.2, 0) is 11.2 Å². The lowest BCUT2D eigenvalue weighted by atomic mass is 10.1. The molecule has 0 aliphatic rings. The normalized spacial score (nSPS) is 12.4. The summed E-state index contributed by atoms with van der Waals surface area (Å²) in [5.41, 5.74) is 1.19. The van der Waals surface area contributed by atoms with Crippen LogP contribution in [0.15, 0.2) is 24.3 Å². The van der Waals surface area contributed by atoms with Gasteiger partial charge >= 0.3 is 5.97 Å². The first-order valence-electron chi connectivity index (χ1n) is 6.15. The van der Waals surface area contributed by atoms with E-state index in [4.69, 9.17) is 9.84 Å². The maximum absolute atomic E-state index is 10.8. The zero-order valence-electron chi connectivity index (χ0n) is 11.2. The Balaban J connectivity index is 2.60. The average molecular weight is 251 g/mol. The molecule has 0 spiro atoms. The van der Waals surface area contributed by atoms with Gasteiger partial charge in [-0.15, -0.1) is 0 Å². The lowest BCUT2D eigenvalue weighted by Crippen LogP contribution is -2.38. The highest BCUT2D eigenvalue weighted by Crippen LogP contribution is 2.14. The van der Waals surface area contributed by atoms with Crippen LogP contribution in [-0.4, -0.2) is 42.2 Å². The van der Waals surface area contributed by atoms with Crippen LogP contribution in [0.2, 0.25) is 0 Å². The molecule has 0 aromatic heterocycles. The molecule has 100 valence electrons. The van der Waals surface area contributed by atoms with Gasteiger partial charge in [0.05, 0.1) is 13.7 Å². The molecular formula is C14H21NO3. The number of carbonyl (C=O) groups is 1. The minimum atomic E-state index is -0.779. The van der Waals surface area contributed by atoms with Crippen molar-refractivity contribution in [2.75, 3.05) is 20.2 Å². The van der Waals surface area contributed by atoms with E-state index in [0.717, 1.165) is 18.7 Å². The van der Waals surface area contributed by atoms with E-state index in [9.17, 15) is 4.79 Å². The van der Waals surface area contributed by atoms with Gasteiger partial charge in [-0.1, -0.05) is 19.1 Å². The fourth-order valence-electron chi connectivity index (χ4n) is 1.98. The second kappa shape index (κ2) is 7.01. The molecule has 0 saturated carbocycles. The van der Waals surface area contributed by atoms with Gasteiger partial charge in [0.25, 0.3) is 0 Å². The Hall–Kier alpha value is -1.55. The van der Waals surface area contributed by atoms with Crippen molar-refractivity contribution in [2.24, 2.45) is 0 Å². The molecule has 0 amide bonds. The van der Waals surface area contributed by atoms with Gasteiger partial charge in [-0.05, 0) is 37.6 Å². The summed E-state index contributed by atoms with van der Waals surface area (Å²) in [5, 5.41) is 8.84. The molecule has 1 aromatic carbocycles. The van der Waals surface area contributed by atoms with Crippen LogP contribution in [0.1, 0.15) is 19.4 Å². The number of carboxylic acids is 1. The molecule has 1 N–H and O–H groups in total. The van der Waals surface area contributed by atoms with Crippen LogP contribution in [0.25, 0.3) is 0 Å². The number of likely N-dealkylation sites (N-methyl/N-ethyl adjacent to an activating group) is 1. The molecule has 4 nitrogen and oxygen atoms in total. The molecule has 1 rings (SSSR count). The summed E-state index contributed by atoms with van der Waals surface area (Å²) in [7, 11) is 1.64. The number of hydrogen-bond acceptors (Lipinski definition) is 3. The molecule has 0 aliphatic carbocycles. The van der Waals surface area contributed by atoms with Crippen LogP contribution < -0.4 is 4.74 Å². The minimum Gasteiger partial charge on any atom is -0.497 e. The highest BCUT2D eigenvalue weighted by atomic mass is 16.5. The summed E-state index contributed by atoms with van der Waals surface area (Å²) in [6.07, 6.45) is 0.838. The summed E-state index contributed by atoms with van der Waals surface area (Å²) < 4.78 is 5.11. The summed E-state index contributed by atoms with van der Waals surface area (Å²) >= 11 is 0. The number of nitrogens with zero attached hydrogens (tertiary/aromatic N) is 1. The summed E-state index contributed by atoms with van der Waals surface area (Å²) in [5.74, 6) is 0.0581. The Kier molecular flexibility index (Phi) is 5.65. The lowest BCUT2D eigenvalue weighted by molar-refractivity contribution is -0.138. The van der Waals surface area contributed by atoms with E-state index in [1.54, 1.807) is 7.11 Å². The van der Waals surface area contributed by atoms with E-state index >= 15 is 0 Å². The van der Waals surface area contributed by atoms with Crippen molar-refractivity contribution in [3.05, 3.63) is 29.8 Å². The smallest absolute Gasteiger partial charge is 0.317 e. The van der Waals surface area contributed by atoms with Gasteiger partial charge in [-0.25, -0.2) is 0 Å². The zero-order chi connectivity index (χ0) is 13.5. The minimum absolute atomic E-state index is 0.0911. The third-order valence-electron chi connectivity index (χ3n) is 3.06. The van der Waals surface area contributed by atoms with Gasteiger partial charge in [-0.3, -0.25) is 9.69 Å². The van der Waals surface area contributed by atoms with Crippen LogP contribution in [0.5, 0.6) is 5.75 Å². The highest BCUT2D eigenvalue weighted by Gasteiger charge is 2.15. The Morgan fingerprint density at radius 1 is 1.39 bits per heavy atom. The van der Waals surface area contributed by atoms with Crippen LogP contribution in [0.3, 0.4) is 0 Å². The van der Waals surface area contributed by atoms with Gasteiger partial charge < -0.3 is 9.84 Å². The van der Waals surface area contributed by atoms with E-state index in [1.807, 2.05) is 36.1 Å². The maximum Gasteiger partial charge on any atom is 0.317 e. The number of aliphatic carboxylic acids is 1. The number of methoxy groups -OCH3 is 1.